The van der Waals surface area contributed by atoms with Crippen molar-refractivity contribution < 1.29 is 27.8 Å². The number of aliphatic hydroxyl groups excluding tert-OH is 1. The fourth-order valence-corrected chi connectivity index (χ4v) is 3.78. The molecule has 3 aromatic rings. The second kappa shape index (κ2) is 11.7. The first-order chi connectivity index (χ1) is 16.6. The van der Waals surface area contributed by atoms with Gasteiger partial charge in [-0.1, -0.05) is 56.6 Å². The maximum atomic E-state index is 12.9. The molecule has 0 bridgehead atoms. The second-order valence-electron chi connectivity index (χ2n) is 8.55. The summed E-state index contributed by atoms with van der Waals surface area (Å²) >= 11 is 6.20. The van der Waals surface area contributed by atoms with Crippen LogP contribution in [0, 0.1) is 5.92 Å². The minimum Gasteiger partial charge on any atom is -0.457 e. The summed E-state index contributed by atoms with van der Waals surface area (Å²) < 4.78 is 49.1. The molecule has 0 saturated carbocycles. The topological polar surface area (TPSA) is 41.9 Å². The van der Waals surface area contributed by atoms with Crippen molar-refractivity contribution in [2.45, 2.75) is 46.2 Å². The first-order valence-electron chi connectivity index (χ1n) is 11.4. The Bertz CT molecular complexity index is 1120. The number of hydrogen-bond donors (Lipinski definition) is 1. The van der Waals surface area contributed by atoms with E-state index in [-0.39, 0.29) is 24.8 Å². The minimum atomic E-state index is -4.80. The van der Waals surface area contributed by atoms with E-state index < -0.39 is 12.5 Å². The van der Waals surface area contributed by atoms with Gasteiger partial charge in [0.15, 0.2) is 0 Å². The Hall–Kier alpha value is -2.90. The monoisotopic (exact) mass is 507 g/mol. The molecule has 0 aliphatic rings. The third-order valence-electron chi connectivity index (χ3n) is 5.55. The molecule has 0 spiro atoms. The van der Waals surface area contributed by atoms with Gasteiger partial charge in [-0.3, -0.25) is 0 Å². The lowest BCUT2D eigenvalue weighted by atomic mass is 10.1. The van der Waals surface area contributed by atoms with Gasteiger partial charge in [-0.2, -0.15) is 0 Å². The summed E-state index contributed by atoms with van der Waals surface area (Å²) in [7, 11) is 0. The molecule has 0 radical (unpaired) electrons. The van der Waals surface area contributed by atoms with E-state index in [1.54, 1.807) is 42.5 Å². The maximum Gasteiger partial charge on any atom is 0.573 e. The molecule has 1 atom stereocenters. The Labute approximate surface area is 208 Å². The van der Waals surface area contributed by atoms with Crippen LogP contribution in [0.15, 0.2) is 66.7 Å². The normalized spacial score (nSPS) is 12.5. The first-order valence-corrected chi connectivity index (χ1v) is 11.8. The molecule has 3 aromatic carbocycles. The van der Waals surface area contributed by atoms with E-state index >= 15 is 0 Å². The molecule has 188 valence electrons. The van der Waals surface area contributed by atoms with Crippen molar-refractivity contribution in [1.29, 1.82) is 0 Å². The number of alkyl halides is 3. The fourth-order valence-electron chi connectivity index (χ4n) is 3.53. The molecule has 0 amide bonds. The molecule has 0 aromatic heterocycles. The van der Waals surface area contributed by atoms with Crippen molar-refractivity contribution in [3.05, 3.63) is 82.9 Å². The molecule has 1 unspecified atom stereocenters. The summed E-state index contributed by atoms with van der Waals surface area (Å²) in [6.45, 7) is 6.08. The third-order valence-corrected chi connectivity index (χ3v) is 5.92. The molecule has 0 aliphatic heterocycles. The van der Waals surface area contributed by atoms with Crippen LogP contribution >= 0.6 is 11.6 Å². The molecule has 35 heavy (non-hydrogen) atoms. The summed E-state index contributed by atoms with van der Waals surface area (Å²) in [6, 6.07) is 18.6. The standard InChI is InChI=1S/C27H29ClF3NO3/c1-4-19-14-23(12-13-24(19)28)34-22-10-7-9-21(15-22)32(17-25(33)18(2)3)16-20-8-5-6-11-26(20)35-27(29,30)31/h5-15,18,25,33H,4,16-17H2,1-3H3. The molecule has 0 aliphatic carbocycles. The molecule has 0 fully saturated rings. The zero-order valence-electron chi connectivity index (χ0n) is 19.8. The van der Waals surface area contributed by atoms with E-state index in [2.05, 4.69) is 4.74 Å². The number of halogens is 4. The zero-order chi connectivity index (χ0) is 25.6. The highest BCUT2D eigenvalue weighted by molar-refractivity contribution is 6.31. The van der Waals surface area contributed by atoms with Crippen molar-refractivity contribution in [1.82, 2.24) is 0 Å². The van der Waals surface area contributed by atoms with Crippen molar-refractivity contribution in [2.24, 2.45) is 5.92 Å². The summed E-state index contributed by atoms with van der Waals surface area (Å²) in [5.41, 5.74) is 1.99. The van der Waals surface area contributed by atoms with Gasteiger partial charge >= 0.3 is 6.36 Å². The van der Waals surface area contributed by atoms with Crippen molar-refractivity contribution in [3.8, 4) is 17.2 Å². The Morgan fingerprint density at radius 1 is 0.943 bits per heavy atom. The Balaban J connectivity index is 1.91. The van der Waals surface area contributed by atoms with Crippen LogP contribution in [0.3, 0.4) is 0 Å². The smallest absolute Gasteiger partial charge is 0.457 e. The van der Waals surface area contributed by atoms with E-state index in [4.69, 9.17) is 16.3 Å². The van der Waals surface area contributed by atoms with Crippen molar-refractivity contribution in [3.63, 3.8) is 0 Å². The predicted octanol–water partition coefficient (Wildman–Crippen LogP) is 7.62. The zero-order valence-corrected chi connectivity index (χ0v) is 20.6. The molecule has 0 saturated heterocycles. The SMILES string of the molecule is CCc1cc(Oc2cccc(N(Cc3ccccc3OC(F)(F)F)CC(O)C(C)C)c2)ccc1Cl. The summed E-state index contributed by atoms with van der Waals surface area (Å²) in [4.78, 5) is 1.81. The third kappa shape index (κ3) is 7.80. The van der Waals surface area contributed by atoms with Crippen molar-refractivity contribution >= 4 is 17.3 Å². The van der Waals surface area contributed by atoms with Crippen LogP contribution in [0.2, 0.25) is 5.02 Å². The number of hydrogen-bond acceptors (Lipinski definition) is 4. The lowest BCUT2D eigenvalue weighted by Crippen LogP contribution is -2.35. The largest absolute Gasteiger partial charge is 0.573 e. The lowest BCUT2D eigenvalue weighted by Gasteiger charge is -2.30. The molecular weight excluding hydrogens is 479 g/mol. The van der Waals surface area contributed by atoms with Crippen LogP contribution in [-0.4, -0.2) is 24.1 Å². The number of nitrogens with zero attached hydrogens (tertiary/aromatic N) is 1. The van der Waals surface area contributed by atoms with E-state index in [0.29, 0.717) is 27.8 Å². The van der Waals surface area contributed by atoms with Gasteiger partial charge in [0.2, 0.25) is 0 Å². The molecular formula is C27H29ClF3NO3. The highest BCUT2D eigenvalue weighted by Crippen LogP contribution is 2.32. The van der Waals surface area contributed by atoms with E-state index in [1.165, 1.54) is 12.1 Å². The van der Waals surface area contributed by atoms with Crippen LogP contribution in [-0.2, 0) is 13.0 Å². The summed E-state index contributed by atoms with van der Waals surface area (Å²) in [6.07, 6.45) is -4.74. The van der Waals surface area contributed by atoms with Gasteiger partial charge in [-0.05, 0) is 54.3 Å². The van der Waals surface area contributed by atoms with Gasteiger partial charge in [0.1, 0.15) is 17.2 Å². The fraction of sp³-hybridized carbons (Fsp3) is 0.333. The molecule has 1 N–H and O–H groups in total. The molecule has 8 heteroatoms. The summed E-state index contributed by atoms with van der Waals surface area (Å²) in [5.74, 6) is 0.863. The predicted molar refractivity (Wildman–Crippen MR) is 132 cm³/mol. The Morgan fingerprint density at radius 3 is 2.34 bits per heavy atom. The van der Waals surface area contributed by atoms with Gasteiger partial charge in [0.25, 0.3) is 0 Å². The Kier molecular flexibility index (Phi) is 8.92. The van der Waals surface area contributed by atoms with E-state index in [0.717, 1.165) is 12.0 Å². The van der Waals surface area contributed by atoms with Crippen molar-refractivity contribution in [2.75, 3.05) is 11.4 Å². The van der Waals surface area contributed by atoms with Crippen LogP contribution in [0.1, 0.15) is 31.9 Å². The number of aliphatic hydroxyl groups is 1. The highest BCUT2D eigenvalue weighted by Gasteiger charge is 2.32. The van der Waals surface area contributed by atoms with Crippen LogP contribution in [0.5, 0.6) is 17.2 Å². The van der Waals surface area contributed by atoms with Gasteiger partial charge < -0.3 is 19.5 Å². The lowest BCUT2D eigenvalue weighted by molar-refractivity contribution is -0.274. The number of rotatable bonds is 10. The van der Waals surface area contributed by atoms with E-state index in [9.17, 15) is 18.3 Å². The maximum absolute atomic E-state index is 12.9. The van der Waals surface area contributed by atoms with Crippen LogP contribution < -0.4 is 14.4 Å². The quantitative estimate of drug-likeness (QED) is 0.306. The Morgan fingerprint density at radius 2 is 1.66 bits per heavy atom. The number of anilines is 1. The van der Waals surface area contributed by atoms with E-state index in [1.807, 2.05) is 37.8 Å². The van der Waals surface area contributed by atoms with Gasteiger partial charge in [0, 0.05) is 35.4 Å². The van der Waals surface area contributed by atoms with Crippen LogP contribution in [0.25, 0.3) is 0 Å². The summed E-state index contributed by atoms with van der Waals surface area (Å²) in [5, 5.41) is 11.3. The second-order valence-corrected chi connectivity index (χ2v) is 8.96. The number of aryl methyl sites for hydroxylation is 1. The highest BCUT2D eigenvalue weighted by atomic mass is 35.5. The van der Waals surface area contributed by atoms with Gasteiger partial charge in [-0.15, -0.1) is 13.2 Å². The number of ether oxygens (including phenoxy) is 2. The van der Waals surface area contributed by atoms with Gasteiger partial charge in [-0.25, -0.2) is 0 Å². The van der Waals surface area contributed by atoms with Gasteiger partial charge in [0.05, 0.1) is 6.10 Å². The average Bonchev–Trinajstić information content (AvgIpc) is 2.80. The molecule has 0 heterocycles. The molecule has 3 rings (SSSR count). The van der Waals surface area contributed by atoms with Crippen LogP contribution in [0.4, 0.5) is 18.9 Å². The molecule has 4 nitrogen and oxygen atoms in total. The first kappa shape index (κ1) is 26.7. The average molecular weight is 508 g/mol. The minimum absolute atomic E-state index is 0.0415. The number of para-hydroxylation sites is 1. The number of benzene rings is 3.